The van der Waals surface area contributed by atoms with Crippen LogP contribution in [0.3, 0.4) is 0 Å². The van der Waals surface area contributed by atoms with E-state index < -0.39 is 11.6 Å². The largest absolute Gasteiger partial charge is 0.458 e. The molecule has 0 aromatic heterocycles. The minimum absolute atomic E-state index is 0.179. The lowest BCUT2D eigenvalue weighted by molar-refractivity contribution is -0.169. The van der Waals surface area contributed by atoms with E-state index in [1.54, 1.807) is 36.4 Å². The fraction of sp³-hybridized carbons (Fsp3) is 0.435. The maximum Gasteiger partial charge on any atom is 0.348 e. The highest BCUT2D eigenvalue weighted by atomic mass is 79.9. The molecule has 6 heteroatoms. The smallest absolute Gasteiger partial charge is 0.348 e. The number of rotatable bonds is 2. The van der Waals surface area contributed by atoms with Gasteiger partial charge in [-0.2, -0.15) is 0 Å². The summed E-state index contributed by atoms with van der Waals surface area (Å²) in [6.45, 7) is 0. The summed E-state index contributed by atoms with van der Waals surface area (Å²) in [6.07, 6.45) is 3.99. The second-order valence-electron chi connectivity index (χ2n) is 7.80. The molecule has 2 saturated heterocycles. The summed E-state index contributed by atoms with van der Waals surface area (Å²) in [5, 5.41) is 11.6. The number of carbonyl (C=O) groups is 1. The highest BCUT2D eigenvalue weighted by Crippen LogP contribution is 2.48. The second kappa shape index (κ2) is 8.09. The minimum atomic E-state index is -1.86. The molecule has 5 nitrogen and oxygen atoms in total. The zero-order chi connectivity index (χ0) is 20.6. The molecule has 29 heavy (non-hydrogen) atoms. The molecule has 3 aliphatic heterocycles. The summed E-state index contributed by atoms with van der Waals surface area (Å²) in [4.78, 5) is 15.7. The van der Waals surface area contributed by atoms with Crippen molar-refractivity contribution < 1.29 is 19.4 Å². The molecule has 2 bridgehead atoms. The number of carbonyl (C=O) groups excluding carboxylic acids is 1. The molecule has 3 atom stereocenters. The van der Waals surface area contributed by atoms with Crippen LogP contribution in [-0.4, -0.2) is 47.0 Å². The molecule has 0 radical (unpaired) electrons. The lowest BCUT2D eigenvalue weighted by atomic mass is 9.83. The number of hydrogen-bond acceptors (Lipinski definition) is 5. The van der Waals surface area contributed by atoms with Crippen molar-refractivity contribution in [3.8, 4) is 11.5 Å². The Kier molecular flexibility index (Phi) is 5.69. The van der Waals surface area contributed by atoms with Crippen LogP contribution in [0, 0.1) is 0 Å². The molecule has 0 saturated carbocycles. The Labute approximate surface area is 179 Å². The Hall–Kier alpha value is -1.89. The minimum Gasteiger partial charge on any atom is -0.458 e. The molecule has 0 aliphatic carbocycles. The Bertz CT molecular complexity index is 856. The summed E-state index contributed by atoms with van der Waals surface area (Å²) >= 11 is 2.94. The first-order valence-electron chi connectivity index (χ1n) is 9.99. The van der Waals surface area contributed by atoms with E-state index in [9.17, 15) is 9.90 Å². The van der Waals surface area contributed by atoms with Gasteiger partial charge in [-0.1, -0.05) is 58.7 Å². The standard InChI is InChI=1S/C22H23NO4.CH3Br/c1-23-14-7-6-10-17(23)20(13-14)27-21(24)22(25)15-8-2-4-11-18(15)26-19-12-5-3-9-16(19)22;1-2/h2-5,8-9,11-12,14,17,20,25H,6-7,10,13H2,1H3;1H3. The van der Waals surface area contributed by atoms with Crippen molar-refractivity contribution in [2.24, 2.45) is 0 Å². The number of fused-ring (bicyclic) bond motifs is 4. The van der Waals surface area contributed by atoms with Crippen molar-refractivity contribution in [1.82, 2.24) is 4.90 Å². The average Bonchev–Trinajstić information content (AvgIpc) is 2.92. The number of aliphatic hydroxyl groups is 1. The summed E-state index contributed by atoms with van der Waals surface area (Å²) in [5.74, 6) is 2.17. The van der Waals surface area contributed by atoms with Gasteiger partial charge in [0.05, 0.1) is 0 Å². The first-order chi connectivity index (χ1) is 14.1. The lowest BCUT2D eigenvalue weighted by Gasteiger charge is -2.36. The fourth-order valence-electron chi connectivity index (χ4n) is 4.94. The number of piperidine rings is 1. The number of halogens is 1. The zero-order valence-electron chi connectivity index (χ0n) is 16.7. The molecule has 3 heterocycles. The van der Waals surface area contributed by atoms with E-state index in [4.69, 9.17) is 9.47 Å². The van der Waals surface area contributed by atoms with Gasteiger partial charge in [-0.3, -0.25) is 4.90 Å². The number of hydrogen-bond donors (Lipinski definition) is 1. The first kappa shape index (κ1) is 20.4. The molecular weight excluding hydrogens is 434 g/mol. The normalized spacial score (nSPS) is 26.3. The van der Waals surface area contributed by atoms with Gasteiger partial charge in [0.15, 0.2) is 0 Å². The van der Waals surface area contributed by atoms with Crippen LogP contribution in [0.5, 0.6) is 11.5 Å². The van der Waals surface area contributed by atoms with Crippen LogP contribution in [0.2, 0.25) is 0 Å². The van der Waals surface area contributed by atoms with Crippen LogP contribution >= 0.6 is 15.9 Å². The van der Waals surface area contributed by atoms with Gasteiger partial charge in [-0.05, 0) is 37.9 Å². The number of likely N-dealkylation sites (N-methyl/N-ethyl adjacent to an activating group) is 1. The SMILES string of the molecule is CBr.CN1C2CCCC1C(OC(=O)C1(O)c3ccccc3Oc3ccccc31)C2. The third-order valence-corrected chi connectivity index (χ3v) is 6.40. The predicted molar refractivity (Wildman–Crippen MR) is 114 cm³/mol. The Morgan fingerprint density at radius 2 is 1.69 bits per heavy atom. The van der Waals surface area contributed by atoms with Gasteiger partial charge in [0.1, 0.15) is 17.6 Å². The Morgan fingerprint density at radius 3 is 2.28 bits per heavy atom. The van der Waals surface area contributed by atoms with Crippen LogP contribution in [0.15, 0.2) is 48.5 Å². The topological polar surface area (TPSA) is 59.0 Å². The first-order valence-corrected chi connectivity index (χ1v) is 11.6. The van der Waals surface area contributed by atoms with E-state index in [0.717, 1.165) is 25.7 Å². The van der Waals surface area contributed by atoms with Crippen molar-refractivity contribution >= 4 is 21.9 Å². The van der Waals surface area contributed by atoms with Gasteiger partial charge in [-0.15, -0.1) is 0 Å². The molecule has 3 unspecified atom stereocenters. The van der Waals surface area contributed by atoms with Gasteiger partial charge in [0.2, 0.25) is 5.60 Å². The van der Waals surface area contributed by atoms with Gasteiger partial charge < -0.3 is 14.6 Å². The van der Waals surface area contributed by atoms with E-state index in [1.165, 1.54) is 0 Å². The molecule has 3 aliphatic rings. The summed E-state index contributed by atoms with van der Waals surface area (Å²) in [7, 11) is 2.11. The van der Waals surface area contributed by atoms with Crippen LogP contribution in [0.4, 0.5) is 0 Å². The third-order valence-electron chi connectivity index (χ3n) is 6.40. The number of ether oxygens (including phenoxy) is 2. The highest BCUT2D eigenvalue weighted by molar-refractivity contribution is 9.08. The summed E-state index contributed by atoms with van der Waals surface area (Å²) < 4.78 is 11.9. The van der Waals surface area contributed by atoms with Gasteiger partial charge in [-0.25, -0.2) is 4.79 Å². The van der Waals surface area contributed by atoms with Crippen LogP contribution in [0.1, 0.15) is 36.8 Å². The number of benzene rings is 2. The maximum atomic E-state index is 13.4. The molecule has 1 N–H and O–H groups in total. The van der Waals surface area contributed by atoms with Crippen molar-refractivity contribution in [3.63, 3.8) is 0 Å². The molecule has 2 aromatic carbocycles. The Morgan fingerprint density at radius 1 is 1.10 bits per heavy atom. The quantitative estimate of drug-likeness (QED) is 0.538. The van der Waals surface area contributed by atoms with Crippen molar-refractivity contribution in [2.45, 2.75) is 49.5 Å². The Balaban J connectivity index is 0.000000994. The van der Waals surface area contributed by atoms with E-state index in [-0.39, 0.29) is 12.1 Å². The second-order valence-corrected chi connectivity index (χ2v) is 7.80. The van der Waals surface area contributed by atoms with Crippen LogP contribution < -0.4 is 4.74 Å². The number of para-hydroxylation sites is 2. The molecule has 154 valence electrons. The number of nitrogens with zero attached hydrogens (tertiary/aromatic N) is 1. The maximum absolute atomic E-state index is 13.4. The van der Waals surface area contributed by atoms with Gasteiger partial charge in [0, 0.05) is 29.6 Å². The molecular formula is C23H26BrNO4. The number of esters is 1. The van der Waals surface area contributed by atoms with E-state index in [2.05, 4.69) is 27.9 Å². The van der Waals surface area contributed by atoms with Crippen molar-refractivity contribution in [2.75, 3.05) is 12.9 Å². The summed E-state index contributed by atoms with van der Waals surface area (Å²) in [5.41, 5.74) is -0.994. The molecule has 0 amide bonds. The molecule has 5 rings (SSSR count). The summed E-state index contributed by atoms with van der Waals surface area (Å²) in [6, 6.07) is 14.9. The molecule has 0 spiro atoms. The highest BCUT2D eigenvalue weighted by Gasteiger charge is 2.51. The lowest BCUT2D eigenvalue weighted by Crippen LogP contribution is -2.45. The van der Waals surface area contributed by atoms with Crippen LogP contribution in [-0.2, 0) is 15.1 Å². The number of alkyl halides is 1. The zero-order valence-corrected chi connectivity index (χ0v) is 18.3. The third kappa shape index (κ3) is 3.27. The van der Waals surface area contributed by atoms with E-state index >= 15 is 0 Å². The van der Waals surface area contributed by atoms with E-state index in [1.807, 2.05) is 18.0 Å². The molecule has 2 fully saturated rings. The fourth-order valence-corrected chi connectivity index (χ4v) is 4.94. The van der Waals surface area contributed by atoms with Crippen molar-refractivity contribution in [3.05, 3.63) is 59.7 Å². The van der Waals surface area contributed by atoms with Gasteiger partial charge in [0.25, 0.3) is 0 Å². The van der Waals surface area contributed by atoms with Crippen molar-refractivity contribution in [1.29, 1.82) is 0 Å². The van der Waals surface area contributed by atoms with Gasteiger partial charge >= 0.3 is 5.97 Å². The predicted octanol–water partition coefficient (Wildman–Crippen LogP) is 4.21. The monoisotopic (exact) mass is 459 g/mol. The van der Waals surface area contributed by atoms with E-state index in [0.29, 0.717) is 28.7 Å². The average molecular weight is 460 g/mol. The van der Waals surface area contributed by atoms with Crippen LogP contribution in [0.25, 0.3) is 0 Å². The molecule has 2 aromatic rings.